The molecule has 0 unspecified atom stereocenters. The van der Waals surface area contributed by atoms with Crippen LogP contribution in [0, 0.1) is 0 Å². The van der Waals surface area contributed by atoms with E-state index < -0.39 is 0 Å². The molecule has 24 heavy (non-hydrogen) atoms. The Balaban J connectivity index is 1.93. The Morgan fingerprint density at radius 1 is 1.21 bits per heavy atom. The number of aliphatic hydroxyl groups excluding tert-OH is 1. The lowest BCUT2D eigenvalue weighted by molar-refractivity contribution is 0.182. The Morgan fingerprint density at radius 3 is 2.54 bits per heavy atom. The zero-order chi connectivity index (χ0) is 17.2. The van der Waals surface area contributed by atoms with Crippen molar-refractivity contribution >= 4 is 12.2 Å². The SMILES string of the molecule is CNC(=O)N(CCO)/N=C/c1ccc(OCc2ccccc2)cc1. The van der Waals surface area contributed by atoms with Gasteiger partial charge in [0.25, 0.3) is 0 Å². The lowest BCUT2D eigenvalue weighted by Crippen LogP contribution is -2.36. The second kappa shape index (κ2) is 9.32. The van der Waals surface area contributed by atoms with E-state index in [0.717, 1.165) is 16.9 Å². The fourth-order valence-corrected chi connectivity index (χ4v) is 1.96. The van der Waals surface area contributed by atoms with Crippen molar-refractivity contribution in [2.24, 2.45) is 5.10 Å². The summed E-state index contributed by atoms with van der Waals surface area (Å²) in [6.45, 7) is 0.487. The summed E-state index contributed by atoms with van der Waals surface area (Å²) < 4.78 is 5.71. The summed E-state index contributed by atoms with van der Waals surface area (Å²) in [5, 5.41) is 16.7. The second-order valence-corrected chi connectivity index (χ2v) is 4.99. The summed E-state index contributed by atoms with van der Waals surface area (Å²) in [5.74, 6) is 0.759. The number of hydrogen-bond acceptors (Lipinski definition) is 4. The van der Waals surface area contributed by atoms with Crippen LogP contribution in [0.5, 0.6) is 5.75 Å². The molecule has 0 atom stereocenters. The molecular formula is C18H21N3O3. The fraction of sp³-hybridized carbons (Fsp3) is 0.222. The molecule has 2 aromatic rings. The quantitative estimate of drug-likeness (QED) is 0.605. The maximum Gasteiger partial charge on any atom is 0.337 e. The Hall–Kier alpha value is -2.86. The number of urea groups is 1. The van der Waals surface area contributed by atoms with Crippen LogP contribution in [0.2, 0.25) is 0 Å². The smallest absolute Gasteiger partial charge is 0.337 e. The zero-order valence-corrected chi connectivity index (χ0v) is 13.6. The van der Waals surface area contributed by atoms with Gasteiger partial charge in [0.2, 0.25) is 0 Å². The predicted octanol–water partition coefficient (Wildman–Crippen LogP) is 2.23. The minimum absolute atomic E-state index is 0.133. The van der Waals surface area contributed by atoms with Crippen LogP contribution in [0.25, 0.3) is 0 Å². The summed E-state index contributed by atoms with van der Waals surface area (Å²) >= 11 is 0. The number of nitrogens with one attached hydrogen (secondary N) is 1. The van der Waals surface area contributed by atoms with Crippen molar-refractivity contribution in [2.45, 2.75) is 6.61 Å². The number of hydrazone groups is 1. The average Bonchev–Trinajstić information content (AvgIpc) is 2.64. The predicted molar refractivity (Wildman–Crippen MR) is 93.1 cm³/mol. The third-order valence-corrected chi connectivity index (χ3v) is 3.23. The van der Waals surface area contributed by atoms with Gasteiger partial charge in [-0.05, 0) is 35.4 Å². The third-order valence-electron chi connectivity index (χ3n) is 3.23. The van der Waals surface area contributed by atoms with Gasteiger partial charge in [0.1, 0.15) is 12.4 Å². The minimum atomic E-state index is -0.372. The van der Waals surface area contributed by atoms with E-state index in [1.165, 1.54) is 12.1 Å². The maximum absolute atomic E-state index is 11.6. The topological polar surface area (TPSA) is 74.2 Å². The van der Waals surface area contributed by atoms with Crippen LogP contribution in [-0.4, -0.2) is 42.6 Å². The Labute approximate surface area is 141 Å². The first-order valence-electron chi connectivity index (χ1n) is 7.64. The molecule has 0 aliphatic rings. The van der Waals surface area contributed by atoms with Crippen LogP contribution >= 0.6 is 0 Å². The van der Waals surface area contributed by atoms with E-state index in [0.29, 0.717) is 6.61 Å². The molecule has 0 spiro atoms. The normalized spacial score (nSPS) is 10.6. The van der Waals surface area contributed by atoms with Gasteiger partial charge in [0.05, 0.1) is 19.4 Å². The molecule has 0 aliphatic carbocycles. The van der Waals surface area contributed by atoms with Crippen molar-refractivity contribution in [1.29, 1.82) is 0 Å². The number of benzene rings is 2. The number of aliphatic hydroxyl groups is 1. The number of hydrogen-bond donors (Lipinski definition) is 2. The van der Waals surface area contributed by atoms with Crippen LogP contribution in [-0.2, 0) is 6.61 Å². The summed E-state index contributed by atoms with van der Waals surface area (Å²) in [7, 11) is 1.51. The van der Waals surface area contributed by atoms with Crippen molar-refractivity contribution in [3.63, 3.8) is 0 Å². The Morgan fingerprint density at radius 2 is 1.92 bits per heavy atom. The van der Waals surface area contributed by atoms with Crippen molar-refractivity contribution < 1.29 is 14.6 Å². The van der Waals surface area contributed by atoms with Crippen LogP contribution in [0.1, 0.15) is 11.1 Å². The van der Waals surface area contributed by atoms with Crippen LogP contribution in [0.3, 0.4) is 0 Å². The number of carbonyl (C=O) groups excluding carboxylic acids is 1. The average molecular weight is 327 g/mol. The Kier molecular flexibility index (Phi) is 6.79. The number of carbonyl (C=O) groups is 1. The first-order chi connectivity index (χ1) is 11.7. The van der Waals surface area contributed by atoms with E-state index in [9.17, 15) is 4.79 Å². The molecule has 0 aliphatic heterocycles. The van der Waals surface area contributed by atoms with Crippen molar-refractivity contribution in [3.8, 4) is 5.75 Å². The lowest BCUT2D eigenvalue weighted by Gasteiger charge is -2.14. The Bertz CT molecular complexity index is 657. The van der Waals surface area contributed by atoms with Crippen LogP contribution in [0.4, 0.5) is 4.79 Å². The van der Waals surface area contributed by atoms with Gasteiger partial charge < -0.3 is 15.2 Å². The van der Waals surface area contributed by atoms with Gasteiger partial charge >= 0.3 is 6.03 Å². The van der Waals surface area contributed by atoms with Gasteiger partial charge in [-0.3, -0.25) is 0 Å². The third kappa shape index (κ3) is 5.40. The molecule has 0 bridgehead atoms. The second-order valence-electron chi connectivity index (χ2n) is 4.99. The molecule has 0 saturated heterocycles. The molecular weight excluding hydrogens is 306 g/mol. The molecule has 2 amide bonds. The molecule has 2 aromatic carbocycles. The summed E-state index contributed by atoms with van der Waals surface area (Å²) in [6.07, 6.45) is 1.56. The highest BCUT2D eigenvalue weighted by Crippen LogP contribution is 2.13. The number of amides is 2. The lowest BCUT2D eigenvalue weighted by atomic mass is 10.2. The van der Waals surface area contributed by atoms with E-state index in [1.807, 2.05) is 54.6 Å². The largest absolute Gasteiger partial charge is 0.489 e. The monoisotopic (exact) mass is 327 g/mol. The molecule has 6 heteroatoms. The van der Waals surface area contributed by atoms with Crippen LogP contribution in [0.15, 0.2) is 59.7 Å². The molecule has 0 fully saturated rings. The van der Waals surface area contributed by atoms with Gasteiger partial charge in [0.15, 0.2) is 0 Å². The highest BCUT2D eigenvalue weighted by Gasteiger charge is 2.08. The maximum atomic E-state index is 11.6. The molecule has 2 N–H and O–H groups in total. The summed E-state index contributed by atoms with van der Waals surface area (Å²) in [6, 6.07) is 17.0. The molecule has 0 saturated carbocycles. The van der Waals surface area contributed by atoms with E-state index in [2.05, 4.69) is 10.4 Å². The highest BCUT2D eigenvalue weighted by atomic mass is 16.5. The number of ether oxygens (including phenoxy) is 1. The number of nitrogens with zero attached hydrogens (tertiary/aromatic N) is 2. The molecule has 2 rings (SSSR count). The van der Waals surface area contributed by atoms with Crippen molar-refractivity contribution in [1.82, 2.24) is 10.3 Å². The molecule has 6 nitrogen and oxygen atoms in total. The molecule has 0 aromatic heterocycles. The number of rotatable bonds is 7. The van der Waals surface area contributed by atoms with E-state index in [1.54, 1.807) is 6.21 Å². The van der Waals surface area contributed by atoms with Gasteiger partial charge in [-0.25, -0.2) is 9.80 Å². The van der Waals surface area contributed by atoms with Gasteiger partial charge in [-0.1, -0.05) is 30.3 Å². The van der Waals surface area contributed by atoms with Crippen molar-refractivity contribution in [2.75, 3.05) is 20.2 Å². The summed E-state index contributed by atoms with van der Waals surface area (Å²) in [4.78, 5) is 11.6. The first kappa shape index (κ1) is 17.5. The molecule has 126 valence electrons. The van der Waals surface area contributed by atoms with Gasteiger partial charge in [0, 0.05) is 7.05 Å². The van der Waals surface area contributed by atoms with Crippen LogP contribution < -0.4 is 10.1 Å². The van der Waals surface area contributed by atoms with Gasteiger partial charge in [-0.2, -0.15) is 5.10 Å². The van der Waals surface area contributed by atoms with E-state index >= 15 is 0 Å². The van der Waals surface area contributed by atoms with E-state index in [-0.39, 0.29) is 19.2 Å². The molecule has 0 radical (unpaired) electrons. The summed E-state index contributed by atoms with van der Waals surface area (Å²) in [5.41, 5.74) is 1.93. The fourth-order valence-electron chi connectivity index (χ4n) is 1.96. The zero-order valence-electron chi connectivity index (χ0n) is 13.6. The molecule has 0 heterocycles. The van der Waals surface area contributed by atoms with E-state index in [4.69, 9.17) is 9.84 Å². The standard InChI is InChI=1S/C18H21N3O3/c1-19-18(23)21(11-12-22)20-13-15-7-9-17(10-8-15)24-14-16-5-3-2-4-6-16/h2-10,13,22H,11-12,14H2,1H3,(H,19,23)/b20-13+. The highest BCUT2D eigenvalue weighted by molar-refractivity contribution is 5.82. The van der Waals surface area contributed by atoms with Crippen molar-refractivity contribution in [3.05, 3.63) is 65.7 Å². The minimum Gasteiger partial charge on any atom is -0.489 e. The van der Waals surface area contributed by atoms with Gasteiger partial charge in [-0.15, -0.1) is 0 Å². The first-order valence-corrected chi connectivity index (χ1v) is 7.64.